The third-order valence-electron chi connectivity index (χ3n) is 10.9. The van der Waals surface area contributed by atoms with Gasteiger partial charge in [-0.05, 0) is 70.6 Å². The van der Waals surface area contributed by atoms with Crippen molar-refractivity contribution in [1.29, 1.82) is 0 Å². The average Bonchev–Trinajstić information content (AvgIpc) is 3.22. The Morgan fingerprint density at radius 2 is 0.885 bits per heavy atom. The van der Waals surface area contributed by atoms with Gasteiger partial charge in [0.15, 0.2) is 12.4 Å². The molecule has 0 aromatic carbocycles. The molecule has 0 aliphatic rings. The van der Waals surface area contributed by atoms with E-state index in [1.165, 1.54) is 116 Å². The summed E-state index contributed by atoms with van der Waals surface area (Å²) in [6.45, 7) is 4.72. The first-order valence-corrected chi connectivity index (χ1v) is 25.1. The van der Waals surface area contributed by atoms with Crippen LogP contribution in [0, 0.1) is 0 Å². The molecular weight excluding hydrogens is 767 g/mol. The second kappa shape index (κ2) is 44.1. The highest BCUT2D eigenvalue weighted by molar-refractivity contribution is 5.70. The fourth-order valence-corrected chi connectivity index (χ4v) is 6.91. The number of allylic oxidation sites excluding steroid dienone is 6. The van der Waals surface area contributed by atoms with Gasteiger partial charge < -0.3 is 33.3 Å². The van der Waals surface area contributed by atoms with Gasteiger partial charge >= 0.3 is 11.9 Å². The number of carboxylic acid groups (broad SMARTS) is 1. The Kier molecular flexibility index (Phi) is 42.3. The summed E-state index contributed by atoms with van der Waals surface area (Å²) < 4.78 is 22.6. The van der Waals surface area contributed by atoms with Crippen LogP contribution >= 0.6 is 0 Å². The molecule has 0 N–H and O–H groups in total. The van der Waals surface area contributed by atoms with E-state index in [0.717, 1.165) is 70.6 Å². The quantitative estimate of drug-likeness (QED) is 0.0196. The van der Waals surface area contributed by atoms with Crippen LogP contribution in [-0.4, -0.2) is 82.3 Å². The number of ether oxygens (including phenoxy) is 4. The maximum absolute atomic E-state index is 12.8. The van der Waals surface area contributed by atoms with Gasteiger partial charge in [-0.1, -0.05) is 172 Å². The maximum atomic E-state index is 12.8. The standard InChI is InChI=1S/C52H95NO8/c1-6-8-10-12-14-16-18-20-22-23-24-25-26-27-29-31-33-35-37-39-41-43-50(55)61-48(47-60-52(51(56)57)58-45-44-53(3,4)5)46-59-49(54)42-40-38-36-34-32-30-28-21-19-17-15-13-11-9-7-2/h18,20-21,23-24,28,48,52H,6-17,19,22,25-27,29-47H2,1-5H3/b20-18-,24-23-,28-21-. The molecule has 2 unspecified atom stereocenters. The third kappa shape index (κ3) is 45.4. The SMILES string of the molecule is CCCCCCC/C=C\C/C=C\CCCCCCCCCCCC(=O)OC(COC(=O)CCCCCCC/C=C\CCCCCCCC)COC(OCC[N+](C)(C)C)C(=O)[O-]. The molecule has 2 atom stereocenters. The molecule has 356 valence electrons. The van der Waals surface area contributed by atoms with Gasteiger partial charge in [0.1, 0.15) is 13.2 Å². The van der Waals surface area contributed by atoms with E-state index in [-0.39, 0.29) is 38.6 Å². The lowest BCUT2D eigenvalue weighted by Crippen LogP contribution is -2.44. The van der Waals surface area contributed by atoms with Crippen LogP contribution in [0.25, 0.3) is 0 Å². The molecule has 0 amide bonds. The summed E-state index contributed by atoms with van der Waals surface area (Å²) >= 11 is 0. The number of rotatable bonds is 46. The molecule has 9 nitrogen and oxygen atoms in total. The van der Waals surface area contributed by atoms with Crippen LogP contribution in [0.4, 0.5) is 0 Å². The van der Waals surface area contributed by atoms with Crippen molar-refractivity contribution in [3.8, 4) is 0 Å². The van der Waals surface area contributed by atoms with Gasteiger partial charge in [-0.2, -0.15) is 0 Å². The molecule has 0 saturated carbocycles. The topological polar surface area (TPSA) is 111 Å². The van der Waals surface area contributed by atoms with Gasteiger partial charge in [-0.25, -0.2) is 0 Å². The Labute approximate surface area is 375 Å². The number of aliphatic carboxylic acids is 1. The summed E-state index contributed by atoms with van der Waals surface area (Å²) in [5.74, 6) is -2.30. The van der Waals surface area contributed by atoms with Gasteiger partial charge in [0.25, 0.3) is 0 Å². The average molecular weight is 862 g/mol. The lowest BCUT2D eigenvalue weighted by atomic mass is 10.1. The largest absolute Gasteiger partial charge is 0.545 e. The van der Waals surface area contributed by atoms with Crippen molar-refractivity contribution >= 4 is 17.9 Å². The lowest BCUT2D eigenvalue weighted by Gasteiger charge is -2.26. The third-order valence-corrected chi connectivity index (χ3v) is 10.9. The summed E-state index contributed by atoms with van der Waals surface area (Å²) in [5, 5.41) is 11.7. The first-order valence-electron chi connectivity index (χ1n) is 25.1. The van der Waals surface area contributed by atoms with E-state index >= 15 is 0 Å². The van der Waals surface area contributed by atoms with Gasteiger partial charge in [0, 0.05) is 12.8 Å². The lowest BCUT2D eigenvalue weighted by molar-refractivity contribution is -0.870. The molecular formula is C52H95NO8. The molecule has 61 heavy (non-hydrogen) atoms. The second-order valence-corrected chi connectivity index (χ2v) is 18.1. The summed E-state index contributed by atoms with van der Waals surface area (Å²) in [6, 6.07) is 0. The van der Waals surface area contributed by atoms with Crippen LogP contribution < -0.4 is 5.11 Å². The van der Waals surface area contributed by atoms with Crippen molar-refractivity contribution in [2.45, 2.75) is 232 Å². The zero-order valence-corrected chi connectivity index (χ0v) is 40.3. The second-order valence-electron chi connectivity index (χ2n) is 18.1. The van der Waals surface area contributed by atoms with Gasteiger partial charge in [0.05, 0.1) is 40.3 Å². The van der Waals surface area contributed by atoms with Crippen molar-refractivity contribution in [3.63, 3.8) is 0 Å². The van der Waals surface area contributed by atoms with E-state index in [4.69, 9.17) is 18.9 Å². The first-order chi connectivity index (χ1) is 29.6. The fourth-order valence-electron chi connectivity index (χ4n) is 6.91. The van der Waals surface area contributed by atoms with Crippen molar-refractivity contribution in [3.05, 3.63) is 36.5 Å². The first kappa shape index (κ1) is 58.5. The Bertz CT molecular complexity index is 1100. The van der Waals surface area contributed by atoms with Crippen molar-refractivity contribution < 1.29 is 42.9 Å². The molecule has 0 fully saturated rings. The van der Waals surface area contributed by atoms with E-state index in [2.05, 4.69) is 50.3 Å². The van der Waals surface area contributed by atoms with Crippen LogP contribution in [0.2, 0.25) is 0 Å². The van der Waals surface area contributed by atoms with Crippen LogP contribution in [0.3, 0.4) is 0 Å². The minimum Gasteiger partial charge on any atom is -0.545 e. The number of hydrogen-bond acceptors (Lipinski definition) is 8. The Hall–Kier alpha value is -2.49. The molecule has 0 bridgehead atoms. The minimum absolute atomic E-state index is 0.146. The number of unbranched alkanes of at least 4 members (excludes halogenated alkanes) is 25. The van der Waals surface area contributed by atoms with Crippen LogP contribution in [0.15, 0.2) is 36.5 Å². The Balaban J connectivity index is 4.36. The summed E-state index contributed by atoms with van der Waals surface area (Å²) in [6.07, 6.45) is 47.4. The molecule has 0 radical (unpaired) electrons. The molecule has 0 spiro atoms. The van der Waals surface area contributed by atoms with Gasteiger partial charge in [-0.15, -0.1) is 0 Å². The number of esters is 2. The van der Waals surface area contributed by atoms with Crippen molar-refractivity contribution in [2.75, 3.05) is 47.5 Å². The normalized spacial score (nSPS) is 13.1. The van der Waals surface area contributed by atoms with Crippen LogP contribution in [0.1, 0.15) is 219 Å². The van der Waals surface area contributed by atoms with Crippen molar-refractivity contribution in [1.82, 2.24) is 0 Å². The monoisotopic (exact) mass is 862 g/mol. The summed E-state index contributed by atoms with van der Waals surface area (Å²) in [5.41, 5.74) is 0. The molecule has 0 aromatic rings. The predicted molar refractivity (Wildman–Crippen MR) is 251 cm³/mol. The Morgan fingerprint density at radius 3 is 1.31 bits per heavy atom. The predicted octanol–water partition coefficient (Wildman–Crippen LogP) is 12.4. The molecule has 0 saturated heterocycles. The highest BCUT2D eigenvalue weighted by Gasteiger charge is 2.21. The fraction of sp³-hybridized carbons (Fsp3) is 0.827. The number of nitrogens with zero attached hydrogens (tertiary/aromatic N) is 1. The molecule has 0 heterocycles. The molecule has 0 aromatic heterocycles. The number of carboxylic acids is 1. The highest BCUT2D eigenvalue weighted by atomic mass is 16.7. The van der Waals surface area contributed by atoms with E-state index in [1.54, 1.807) is 0 Å². The summed E-state index contributed by atoms with van der Waals surface area (Å²) in [7, 11) is 5.91. The Morgan fingerprint density at radius 1 is 0.492 bits per heavy atom. The smallest absolute Gasteiger partial charge is 0.306 e. The minimum atomic E-state index is -1.62. The number of carbonyl (C=O) groups excluding carboxylic acids is 3. The maximum Gasteiger partial charge on any atom is 0.306 e. The van der Waals surface area contributed by atoms with E-state index in [9.17, 15) is 19.5 Å². The summed E-state index contributed by atoms with van der Waals surface area (Å²) in [4.78, 5) is 37.1. The molecule has 0 aliphatic carbocycles. The molecule has 0 rings (SSSR count). The van der Waals surface area contributed by atoms with E-state index in [0.29, 0.717) is 17.4 Å². The van der Waals surface area contributed by atoms with E-state index < -0.39 is 24.3 Å². The van der Waals surface area contributed by atoms with Gasteiger partial charge in [-0.3, -0.25) is 9.59 Å². The number of carbonyl (C=O) groups is 3. The van der Waals surface area contributed by atoms with E-state index in [1.807, 2.05) is 21.1 Å². The number of hydrogen-bond donors (Lipinski definition) is 0. The van der Waals surface area contributed by atoms with Crippen LogP contribution in [0.5, 0.6) is 0 Å². The molecule has 0 aliphatic heterocycles. The van der Waals surface area contributed by atoms with Crippen LogP contribution in [-0.2, 0) is 33.3 Å². The number of likely N-dealkylation sites (N-methyl/N-ethyl adjacent to an activating group) is 1. The zero-order chi connectivity index (χ0) is 44.9. The zero-order valence-electron chi connectivity index (χ0n) is 40.3. The highest BCUT2D eigenvalue weighted by Crippen LogP contribution is 2.14. The number of quaternary nitrogens is 1. The van der Waals surface area contributed by atoms with Crippen molar-refractivity contribution in [2.24, 2.45) is 0 Å². The molecule has 9 heteroatoms. The van der Waals surface area contributed by atoms with Gasteiger partial charge in [0.2, 0.25) is 0 Å².